The molecule has 0 aliphatic carbocycles. The average Bonchev–Trinajstić information content (AvgIpc) is 2.10. The van der Waals surface area contributed by atoms with Crippen molar-refractivity contribution in [3.05, 3.63) is 0 Å². The van der Waals surface area contributed by atoms with Crippen LogP contribution < -0.4 is 0 Å². The standard InChI is InChI=1S/C17H36/c1-14(2)9-11-16(5,6)13-17(7,8)12-10-15(3)4/h14-15H,9-13H2,1-8H3. The topological polar surface area (TPSA) is 0 Å². The number of rotatable bonds is 8. The molecule has 0 spiro atoms. The summed E-state index contributed by atoms with van der Waals surface area (Å²) in [4.78, 5) is 0. The Morgan fingerprint density at radius 1 is 0.647 bits per heavy atom. The third-order valence-electron chi connectivity index (χ3n) is 3.75. The maximum absolute atomic E-state index is 2.45. The van der Waals surface area contributed by atoms with Crippen LogP contribution >= 0.6 is 0 Å². The molecule has 0 N–H and O–H groups in total. The summed E-state index contributed by atoms with van der Waals surface area (Å²) < 4.78 is 0. The number of hydrogen-bond acceptors (Lipinski definition) is 0. The van der Waals surface area contributed by atoms with E-state index in [2.05, 4.69) is 55.4 Å². The summed E-state index contributed by atoms with van der Waals surface area (Å²) in [5, 5.41) is 0. The Balaban J connectivity index is 4.17. The lowest BCUT2D eigenvalue weighted by Crippen LogP contribution is -2.24. The van der Waals surface area contributed by atoms with Gasteiger partial charge in [-0.2, -0.15) is 0 Å². The van der Waals surface area contributed by atoms with Gasteiger partial charge in [-0.3, -0.25) is 0 Å². The molecule has 0 amide bonds. The Hall–Kier alpha value is 0. The molecule has 17 heavy (non-hydrogen) atoms. The van der Waals surface area contributed by atoms with Gasteiger partial charge in [0.25, 0.3) is 0 Å². The van der Waals surface area contributed by atoms with Crippen LogP contribution in [0, 0.1) is 22.7 Å². The van der Waals surface area contributed by atoms with Gasteiger partial charge in [0.15, 0.2) is 0 Å². The second kappa shape index (κ2) is 6.81. The fourth-order valence-corrected chi connectivity index (χ4v) is 2.83. The van der Waals surface area contributed by atoms with E-state index in [-0.39, 0.29) is 0 Å². The zero-order chi connectivity index (χ0) is 13.7. The van der Waals surface area contributed by atoms with Crippen molar-refractivity contribution in [2.45, 2.75) is 87.5 Å². The van der Waals surface area contributed by atoms with Crippen molar-refractivity contribution >= 4 is 0 Å². The van der Waals surface area contributed by atoms with Crippen molar-refractivity contribution in [1.82, 2.24) is 0 Å². The van der Waals surface area contributed by atoms with Gasteiger partial charge in [0.1, 0.15) is 0 Å². The molecule has 0 aromatic carbocycles. The van der Waals surface area contributed by atoms with Crippen LogP contribution in [0.15, 0.2) is 0 Å². The molecule has 0 bridgehead atoms. The van der Waals surface area contributed by atoms with Gasteiger partial charge in [-0.25, -0.2) is 0 Å². The predicted octanol–water partition coefficient (Wildman–Crippen LogP) is 6.30. The van der Waals surface area contributed by atoms with Crippen molar-refractivity contribution in [2.75, 3.05) is 0 Å². The number of hydrogen-bond donors (Lipinski definition) is 0. The molecule has 0 nitrogen and oxygen atoms in total. The van der Waals surface area contributed by atoms with Gasteiger partial charge in [-0.05, 0) is 41.9 Å². The van der Waals surface area contributed by atoms with Crippen LogP contribution in [0.1, 0.15) is 87.5 Å². The summed E-state index contributed by atoms with van der Waals surface area (Å²) in [7, 11) is 0. The largest absolute Gasteiger partial charge is 0.0628 e. The Kier molecular flexibility index (Phi) is 6.81. The second-order valence-electron chi connectivity index (χ2n) is 8.37. The van der Waals surface area contributed by atoms with Crippen molar-refractivity contribution in [3.8, 4) is 0 Å². The second-order valence-corrected chi connectivity index (χ2v) is 8.37. The smallest absolute Gasteiger partial charge is 0.0349 e. The molecule has 0 aliphatic rings. The van der Waals surface area contributed by atoms with Crippen LogP contribution in [0.2, 0.25) is 0 Å². The van der Waals surface area contributed by atoms with Crippen LogP contribution in [0.3, 0.4) is 0 Å². The summed E-state index contributed by atoms with van der Waals surface area (Å²) in [6.45, 7) is 19.1. The van der Waals surface area contributed by atoms with Crippen molar-refractivity contribution < 1.29 is 0 Å². The highest BCUT2D eigenvalue weighted by Gasteiger charge is 2.28. The molecule has 0 unspecified atom stereocenters. The Bertz CT molecular complexity index is 174. The van der Waals surface area contributed by atoms with E-state index in [1.54, 1.807) is 0 Å². The lowest BCUT2D eigenvalue weighted by Gasteiger charge is -2.36. The van der Waals surface area contributed by atoms with E-state index in [1.807, 2.05) is 0 Å². The minimum atomic E-state index is 0.505. The van der Waals surface area contributed by atoms with E-state index in [0.717, 1.165) is 11.8 Å². The molecule has 0 atom stereocenters. The van der Waals surface area contributed by atoms with E-state index in [9.17, 15) is 0 Å². The van der Waals surface area contributed by atoms with Gasteiger partial charge in [0, 0.05) is 0 Å². The Morgan fingerprint density at radius 3 is 1.18 bits per heavy atom. The summed E-state index contributed by atoms with van der Waals surface area (Å²) >= 11 is 0. The SMILES string of the molecule is CC(C)CCC(C)(C)CC(C)(C)CCC(C)C. The third kappa shape index (κ3) is 9.68. The third-order valence-corrected chi connectivity index (χ3v) is 3.75. The van der Waals surface area contributed by atoms with E-state index < -0.39 is 0 Å². The summed E-state index contributed by atoms with van der Waals surface area (Å²) in [5.41, 5.74) is 1.01. The van der Waals surface area contributed by atoms with Crippen LogP contribution in [0.5, 0.6) is 0 Å². The normalized spacial score (nSPS) is 13.8. The maximum Gasteiger partial charge on any atom is -0.0349 e. The predicted molar refractivity (Wildman–Crippen MR) is 80.3 cm³/mol. The summed E-state index contributed by atoms with van der Waals surface area (Å²) in [5.74, 6) is 1.68. The minimum absolute atomic E-state index is 0.505. The van der Waals surface area contributed by atoms with E-state index >= 15 is 0 Å². The summed E-state index contributed by atoms with van der Waals surface area (Å²) in [6, 6.07) is 0. The van der Waals surface area contributed by atoms with Gasteiger partial charge >= 0.3 is 0 Å². The molecule has 0 aromatic heterocycles. The highest BCUT2D eigenvalue weighted by Crippen LogP contribution is 2.40. The quantitative estimate of drug-likeness (QED) is 0.467. The first kappa shape index (κ1) is 17.0. The highest BCUT2D eigenvalue weighted by atomic mass is 14.3. The molecular weight excluding hydrogens is 204 g/mol. The average molecular weight is 240 g/mol. The summed E-state index contributed by atoms with van der Waals surface area (Å²) in [6.07, 6.45) is 6.84. The first-order chi connectivity index (χ1) is 7.54. The highest BCUT2D eigenvalue weighted by molar-refractivity contribution is 4.80. The van der Waals surface area contributed by atoms with Gasteiger partial charge in [-0.1, -0.05) is 68.2 Å². The minimum Gasteiger partial charge on any atom is -0.0628 e. The molecule has 0 aromatic rings. The molecule has 0 rings (SSSR count). The molecule has 104 valence electrons. The van der Waals surface area contributed by atoms with Crippen LogP contribution in [-0.2, 0) is 0 Å². The van der Waals surface area contributed by atoms with Crippen molar-refractivity contribution in [1.29, 1.82) is 0 Å². The lowest BCUT2D eigenvalue weighted by molar-refractivity contribution is 0.157. The Morgan fingerprint density at radius 2 is 0.941 bits per heavy atom. The first-order valence-electron chi connectivity index (χ1n) is 7.54. The zero-order valence-corrected chi connectivity index (χ0v) is 13.7. The van der Waals surface area contributed by atoms with Crippen LogP contribution in [0.25, 0.3) is 0 Å². The van der Waals surface area contributed by atoms with Gasteiger partial charge in [0.05, 0.1) is 0 Å². The van der Waals surface area contributed by atoms with Crippen LogP contribution in [-0.4, -0.2) is 0 Å². The van der Waals surface area contributed by atoms with Crippen molar-refractivity contribution in [3.63, 3.8) is 0 Å². The monoisotopic (exact) mass is 240 g/mol. The van der Waals surface area contributed by atoms with Gasteiger partial charge in [0.2, 0.25) is 0 Å². The fourth-order valence-electron chi connectivity index (χ4n) is 2.83. The molecule has 0 radical (unpaired) electrons. The lowest BCUT2D eigenvalue weighted by atomic mass is 9.70. The van der Waals surface area contributed by atoms with E-state index in [1.165, 1.54) is 32.1 Å². The molecule has 0 aliphatic heterocycles. The van der Waals surface area contributed by atoms with E-state index in [0.29, 0.717) is 10.8 Å². The van der Waals surface area contributed by atoms with Gasteiger partial charge in [-0.15, -0.1) is 0 Å². The zero-order valence-electron chi connectivity index (χ0n) is 13.7. The molecule has 0 saturated heterocycles. The molecule has 0 fully saturated rings. The molecular formula is C17H36. The molecule has 0 saturated carbocycles. The molecule has 0 heterocycles. The first-order valence-corrected chi connectivity index (χ1v) is 7.54. The van der Waals surface area contributed by atoms with Crippen LogP contribution in [0.4, 0.5) is 0 Å². The van der Waals surface area contributed by atoms with Gasteiger partial charge < -0.3 is 0 Å². The van der Waals surface area contributed by atoms with E-state index in [4.69, 9.17) is 0 Å². The molecule has 0 heteroatoms. The van der Waals surface area contributed by atoms with Crippen molar-refractivity contribution in [2.24, 2.45) is 22.7 Å². The Labute approximate surface area is 111 Å². The maximum atomic E-state index is 2.45. The fraction of sp³-hybridized carbons (Fsp3) is 1.00.